The number of pyridine rings is 2. The van der Waals surface area contributed by atoms with Crippen molar-refractivity contribution in [1.29, 1.82) is 5.26 Å². The number of rotatable bonds is 8. The summed E-state index contributed by atoms with van der Waals surface area (Å²) in [7, 11) is 1.55. The van der Waals surface area contributed by atoms with Crippen molar-refractivity contribution in [3.63, 3.8) is 0 Å². The molecular formula is C26H32N6O3S. The minimum atomic E-state index is -0.326. The van der Waals surface area contributed by atoms with Gasteiger partial charge in [-0.25, -0.2) is 9.78 Å². The number of carbonyl (C=O) groups excluding carboxylic acids is 2. The number of likely N-dealkylation sites (tertiary alicyclic amines) is 1. The van der Waals surface area contributed by atoms with Crippen LogP contribution in [-0.2, 0) is 24.2 Å². The second kappa shape index (κ2) is 11.6. The molecule has 0 unspecified atom stereocenters. The minimum absolute atomic E-state index is 0.146. The number of hydrogen-bond donors (Lipinski definition) is 1. The number of thioether (sulfide) groups is 1. The molecule has 1 saturated heterocycles. The summed E-state index contributed by atoms with van der Waals surface area (Å²) < 4.78 is 5.55. The molecule has 1 atom stereocenters. The number of urea groups is 1. The molecule has 1 fully saturated rings. The van der Waals surface area contributed by atoms with Crippen molar-refractivity contribution in [3.05, 3.63) is 40.6 Å². The summed E-state index contributed by atoms with van der Waals surface area (Å²) in [5.74, 6) is 2.93. The van der Waals surface area contributed by atoms with E-state index in [1.54, 1.807) is 29.8 Å². The summed E-state index contributed by atoms with van der Waals surface area (Å²) in [5, 5.41) is 12.4. The zero-order valence-corrected chi connectivity index (χ0v) is 21.9. The van der Waals surface area contributed by atoms with Crippen LogP contribution in [0.25, 0.3) is 0 Å². The first kappa shape index (κ1) is 25.8. The fourth-order valence-electron chi connectivity index (χ4n) is 4.82. The standard InChI is InChI=1S/C26H32N6O3S/c1-17(16-36-3)10-19-12-22(28-14-21(19)13-27)29-26(34)32-9-4-6-18-11-20(25(35-2)30-24(18)32)15-31-8-5-7-23(31)33/h11-12,14,17H,4-10,15-16H2,1-3H3,(H,28,29,34)/t17-/m0/s1. The second-order valence-electron chi connectivity index (χ2n) is 9.35. The van der Waals surface area contributed by atoms with Crippen LogP contribution >= 0.6 is 11.8 Å². The number of ether oxygens (including phenoxy) is 1. The molecule has 2 aliphatic heterocycles. The second-order valence-corrected chi connectivity index (χ2v) is 10.3. The Morgan fingerprint density at radius 2 is 2.08 bits per heavy atom. The number of nitrogens with one attached hydrogen (secondary N) is 1. The van der Waals surface area contributed by atoms with Crippen molar-refractivity contribution in [2.24, 2.45) is 5.92 Å². The van der Waals surface area contributed by atoms with Crippen molar-refractivity contribution in [3.8, 4) is 11.9 Å². The number of nitriles is 1. The van der Waals surface area contributed by atoms with Crippen LogP contribution in [0.15, 0.2) is 18.3 Å². The molecule has 0 aromatic carbocycles. The van der Waals surface area contributed by atoms with Crippen LogP contribution in [0.3, 0.4) is 0 Å². The molecule has 0 saturated carbocycles. The summed E-state index contributed by atoms with van der Waals surface area (Å²) in [6.45, 7) is 3.87. The monoisotopic (exact) mass is 508 g/mol. The number of fused-ring (bicyclic) bond motifs is 1. The average molecular weight is 509 g/mol. The smallest absolute Gasteiger partial charge is 0.328 e. The van der Waals surface area contributed by atoms with Crippen molar-refractivity contribution < 1.29 is 14.3 Å². The molecule has 0 spiro atoms. The van der Waals surface area contributed by atoms with Gasteiger partial charge in [-0.05, 0) is 66.9 Å². The largest absolute Gasteiger partial charge is 0.481 e. The fourth-order valence-corrected chi connectivity index (χ4v) is 5.51. The van der Waals surface area contributed by atoms with Gasteiger partial charge in [-0.1, -0.05) is 6.92 Å². The normalized spacial score (nSPS) is 15.9. The lowest BCUT2D eigenvalue weighted by Crippen LogP contribution is -2.39. The molecule has 2 aromatic rings. The predicted octanol–water partition coefficient (Wildman–Crippen LogP) is 4.01. The summed E-state index contributed by atoms with van der Waals surface area (Å²) >= 11 is 1.77. The number of hydrogen-bond acceptors (Lipinski definition) is 7. The van der Waals surface area contributed by atoms with E-state index in [9.17, 15) is 14.9 Å². The molecule has 2 aromatic heterocycles. The number of methoxy groups -OCH3 is 1. The maximum Gasteiger partial charge on any atom is 0.328 e. The zero-order valence-electron chi connectivity index (χ0n) is 21.0. The highest BCUT2D eigenvalue weighted by atomic mass is 32.2. The number of aromatic nitrogens is 2. The topological polar surface area (TPSA) is 111 Å². The molecule has 1 N–H and O–H groups in total. The van der Waals surface area contributed by atoms with E-state index >= 15 is 0 Å². The molecule has 4 heterocycles. The number of anilines is 2. The van der Waals surface area contributed by atoms with E-state index in [1.807, 2.05) is 11.0 Å². The lowest BCUT2D eigenvalue weighted by Gasteiger charge is -2.29. The van der Waals surface area contributed by atoms with Crippen LogP contribution in [0.4, 0.5) is 16.4 Å². The van der Waals surface area contributed by atoms with Crippen molar-refractivity contribution in [1.82, 2.24) is 14.9 Å². The average Bonchev–Trinajstić information content (AvgIpc) is 3.27. The molecule has 190 valence electrons. The molecule has 10 heteroatoms. The van der Waals surface area contributed by atoms with Gasteiger partial charge in [0.05, 0.1) is 19.2 Å². The molecule has 4 rings (SSSR count). The maximum atomic E-state index is 13.3. The highest BCUT2D eigenvalue weighted by Gasteiger charge is 2.28. The lowest BCUT2D eigenvalue weighted by molar-refractivity contribution is -0.128. The minimum Gasteiger partial charge on any atom is -0.481 e. The van der Waals surface area contributed by atoms with Crippen LogP contribution in [0.2, 0.25) is 0 Å². The van der Waals surface area contributed by atoms with Crippen LogP contribution in [0.5, 0.6) is 5.88 Å². The van der Waals surface area contributed by atoms with Gasteiger partial charge in [0.15, 0.2) is 0 Å². The SMILES string of the molecule is COc1nc2c(cc1CN1CCCC1=O)CCCN2C(=O)Nc1cc(C[C@H](C)CSC)c(C#N)cn1. The van der Waals surface area contributed by atoms with Gasteiger partial charge in [0, 0.05) is 31.3 Å². The van der Waals surface area contributed by atoms with E-state index in [4.69, 9.17) is 4.74 Å². The number of carbonyl (C=O) groups is 2. The van der Waals surface area contributed by atoms with Crippen LogP contribution in [-0.4, -0.2) is 59.0 Å². The Morgan fingerprint density at radius 1 is 1.28 bits per heavy atom. The van der Waals surface area contributed by atoms with Crippen LogP contribution in [0, 0.1) is 17.2 Å². The van der Waals surface area contributed by atoms with Crippen LogP contribution < -0.4 is 15.0 Å². The third-order valence-corrected chi connectivity index (χ3v) is 7.44. The summed E-state index contributed by atoms with van der Waals surface area (Å²) in [4.78, 5) is 37.8. The van der Waals surface area contributed by atoms with Gasteiger partial charge in [-0.2, -0.15) is 22.0 Å². The van der Waals surface area contributed by atoms with Gasteiger partial charge in [0.2, 0.25) is 11.8 Å². The fraction of sp³-hybridized carbons (Fsp3) is 0.500. The Balaban J connectivity index is 1.54. The number of aryl methyl sites for hydroxylation is 1. The Bertz CT molecular complexity index is 1180. The first-order valence-corrected chi connectivity index (χ1v) is 13.6. The van der Waals surface area contributed by atoms with Crippen molar-refractivity contribution in [2.75, 3.05) is 42.4 Å². The number of amides is 3. The molecule has 2 aliphatic rings. The first-order chi connectivity index (χ1) is 17.4. The van der Waals surface area contributed by atoms with Gasteiger partial charge < -0.3 is 9.64 Å². The van der Waals surface area contributed by atoms with Gasteiger partial charge in [0.25, 0.3) is 0 Å². The zero-order chi connectivity index (χ0) is 25.7. The predicted molar refractivity (Wildman–Crippen MR) is 140 cm³/mol. The Kier molecular flexibility index (Phi) is 8.31. The quantitative estimate of drug-likeness (QED) is 0.573. The summed E-state index contributed by atoms with van der Waals surface area (Å²) in [6, 6.07) is 5.69. The van der Waals surface area contributed by atoms with E-state index in [2.05, 4.69) is 34.5 Å². The summed E-state index contributed by atoms with van der Waals surface area (Å²) in [6.07, 6.45) is 7.37. The molecular weight excluding hydrogens is 476 g/mol. The molecule has 3 amide bonds. The summed E-state index contributed by atoms with van der Waals surface area (Å²) in [5.41, 5.74) is 3.22. The number of nitrogens with zero attached hydrogens (tertiary/aromatic N) is 5. The van der Waals surface area contributed by atoms with E-state index in [0.29, 0.717) is 48.5 Å². The van der Waals surface area contributed by atoms with E-state index < -0.39 is 0 Å². The highest BCUT2D eigenvalue weighted by molar-refractivity contribution is 7.98. The molecule has 36 heavy (non-hydrogen) atoms. The van der Waals surface area contributed by atoms with Gasteiger partial charge >= 0.3 is 6.03 Å². The highest BCUT2D eigenvalue weighted by Crippen LogP contribution is 2.32. The Hall–Kier alpha value is -3.32. The van der Waals surface area contributed by atoms with Crippen LogP contribution in [0.1, 0.15) is 48.4 Å². The third-order valence-electron chi connectivity index (χ3n) is 6.54. The van der Waals surface area contributed by atoms with E-state index in [0.717, 1.165) is 54.7 Å². The van der Waals surface area contributed by atoms with Gasteiger partial charge in [-0.15, -0.1) is 0 Å². The first-order valence-electron chi connectivity index (χ1n) is 12.2. The van der Waals surface area contributed by atoms with Crippen molar-refractivity contribution in [2.45, 2.75) is 45.6 Å². The Labute approximate surface area is 216 Å². The lowest BCUT2D eigenvalue weighted by atomic mass is 10.00. The molecule has 0 aliphatic carbocycles. The van der Waals surface area contributed by atoms with Crippen molar-refractivity contribution >= 4 is 35.3 Å². The molecule has 0 radical (unpaired) electrons. The Morgan fingerprint density at radius 3 is 2.78 bits per heavy atom. The maximum absolute atomic E-state index is 13.3. The van der Waals surface area contributed by atoms with Gasteiger partial charge in [-0.3, -0.25) is 15.0 Å². The molecule has 9 nitrogen and oxygen atoms in total. The molecule has 0 bridgehead atoms. The van der Waals surface area contributed by atoms with E-state index in [-0.39, 0.29) is 11.9 Å². The van der Waals surface area contributed by atoms with Gasteiger partial charge in [0.1, 0.15) is 17.7 Å². The third kappa shape index (κ3) is 5.73. The van der Waals surface area contributed by atoms with E-state index in [1.165, 1.54) is 6.20 Å².